The molecule has 1 aromatic rings. The normalized spacial score (nSPS) is 25.9. The van der Waals surface area contributed by atoms with Crippen molar-refractivity contribution < 1.29 is 4.74 Å². The molecule has 6 heteroatoms. The number of aromatic nitrogens is 2. The van der Waals surface area contributed by atoms with Crippen LogP contribution in [0.1, 0.15) is 32.0 Å². The maximum Gasteiger partial charge on any atom is 0.133 e. The summed E-state index contributed by atoms with van der Waals surface area (Å²) < 4.78 is 6.31. The second-order valence-corrected chi connectivity index (χ2v) is 7.46. The summed E-state index contributed by atoms with van der Waals surface area (Å²) in [5, 5.41) is 0. The van der Waals surface area contributed by atoms with Gasteiger partial charge in [0.15, 0.2) is 0 Å². The molecular formula is C19H33N5O. The van der Waals surface area contributed by atoms with E-state index in [-0.39, 0.29) is 6.10 Å². The zero-order chi connectivity index (χ0) is 17.6. The van der Waals surface area contributed by atoms with E-state index in [0.717, 1.165) is 50.5 Å². The molecule has 2 fully saturated rings. The van der Waals surface area contributed by atoms with Gasteiger partial charge < -0.3 is 14.5 Å². The first-order chi connectivity index (χ1) is 12.1. The summed E-state index contributed by atoms with van der Waals surface area (Å²) in [4.78, 5) is 16.3. The number of ether oxygens (including phenoxy) is 1. The molecule has 2 atom stereocenters. The number of anilines is 1. The smallest absolute Gasteiger partial charge is 0.133 e. The van der Waals surface area contributed by atoms with Gasteiger partial charge in [0.25, 0.3) is 0 Å². The Bertz CT molecular complexity index is 540. The second kappa shape index (κ2) is 8.92. The predicted molar refractivity (Wildman–Crippen MR) is 101 cm³/mol. The molecule has 0 aromatic carbocycles. The molecule has 25 heavy (non-hydrogen) atoms. The van der Waals surface area contributed by atoms with Gasteiger partial charge in [-0.3, -0.25) is 4.90 Å². The number of nitrogens with zero attached hydrogens (tertiary/aromatic N) is 5. The van der Waals surface area contributed by atoms with Gasteiger partial charge in [0.1, 0.15) is 11.6 Å². The van der Waals surface area contributed by atoms with Crippen LogP contribution < -0.4 is 4.90 Å². The van der Waals surface area contributed by atoms with E-state index in [9.17, 15) is 0 Å². The average molecular weight is 348 g/mol. The highest BCUT2D eigenvalue weighted by Gasteiger charge is 2.28. The fraction of sp³-hybridized carbons (Fsp3) is 0.789. The zero-order valence-electron chi connectivity index (χ0n) is 16.0. The van der Waals surface area contributed by atoms with Crippen molar-refractivity contribution in [2.75, 3.05) is 58.3 Å². The third-order valence-corrected chi connectivity index (χ3v) is 5.44. The highest BCUT2D eigenvalue weighted by Crippen LogP contribution is 2.23. The van der Waals surface area contributed by atoms with E-state index in [2.05, 4.69) is 45.7 Å². The lowest BCUT2D eigenvalue weighted by Crippen LogP contribution is -2.35. The molecule has 3 rings (SSSR count). The molecule has 3 heterocycles. The van der Waals surface area contributed by atoms with Crippen molar-refractivity contribution in [2.24, 2.45) is 0 Å². The number of hydrogen-bond acceptors (Lipinski definition) is 6. The molecule has 0 spiro atoms. The lowest BCUT2D eigenvalue weighted by Gasteiger charge is -2.24. The van der Waals surface area contributed by atoms with Crippen molar-refractivity contribution in [3.63, 3.8) is 0 Å². The Morgan fingerprint density at radius 3 is 2.88 bits per heavy atom. The summed E-state index contributed by atoms with van der Waals surface area (Å²) in [6, 6.07) is 1.97. The minimum absolute atomic E-state index is 0.266. The van der Waals surface area contributed by atoms with Gasteiger partial charge in [-0.1, -0.05) is 0 Å². The molecule has 0 unspecified atom stereocenters. The van der Waals surface area contributed by atoms with Crippen molar-refractivity contribution in [1.82, 2.24) is 19.8 Å². The quantitative estimate of drug-likeness (QED) is 0.780. The van der Waals surface area contributed by atoms with Gasteiger partial charge >= 0.3 is 0 Å². The van der Waals surface area contributed by atoms with Gasteiger partial charge in [-0.25, -0.2) is 9.97 Å². The molecule has 1 aromatic heterocycles. The molecule has 6 nitrogen and oxygen atoms in total. The fourth-order valence-corrected chi connectivity index (χ4v) is 3.70. The van der Waals surface area contributed by atoms with E-state index in [1.807, 2.05) is 12.3 Å². The van der Waals surface area contributed by atoms with Gasteiger partial charge in [0.05, 0.1) is 12.2 Å². The van der Waals surface area contributed by atoms with E-state index in [4.69, 9.17) is 4.74 Å². The van der Waals surface area contributed by atoms with Crippen LogP contribution in [0, 0.1) is 0 Å². The first-order valence-corrected chi connectivity index (χ1v) is 9.73. The molecule has 140 valence electrons. The van der Waals surface area contributed by atoms with Crippen LogP contribution in [0.3, 0.4) is 0 Å². The Labute approximate surface area is 152 Å². The number of rotatable bonds is 6. The Morgan fingerprint density at radius 2 is 2.04 bits per heavy atom. The van der Waals surface area contributed by atoms with Crippen LogP contribution in [0.25, 0.3) is 0 Å². The van der Waals surface area contributed by atoms with Gasteiger partial charge in [0, 0.05) is 45.8 Å². The van der Waals surface area contributed by atoms with Gasteiger partial charge in [-0.05, 0) is 52.4 Å². The standard InChI is InChI=1S/C19H33N5O/c1-4-23(3)19-8-9-20-18(21-19)14-16-6-7-17(25-16)15-24-11-5-10-22(2)12-13-24/h8-9,16-17H,4-7,10-15H2,1-3H3/t16-,17+/m0/s1. The van der Waals surface area contributed by atoms with Crippen LogP contribution in [-0.4, -0.2) is 85.3 Å². The van der Waals surface area contributed by atoms with E-state index >= 15 is 0 Å². The SMILES string of the molecule is CCN(C)c1ccnc(C[C@@H]2CC[C@H](CN3CCCN(C)CC3)O2)n1. The van der Waals surface area contributed by atoms with Crippen LogP contribution in [0.4, 0.5) is 5.82 Å². The van der Waals surface area contributed by atoms with Gasteiger partial charge in [-0.2, -0.15) is 0 Å². The van der Waals surface area contributed by atoms with Crippen molar-refractivity contribution in [1.29, 1.82) is 0 Å². The van der Waals surface area contributed by atoms with Crippen LogP contribution in [0.15, 0.2) is 12.3 Å². The van der Waals surface area contributed by atoms with E-state index in [1.165, 1.54) is 26.1 Å². The van der Waals surface area contributed by atoms with Crippen molar-refractivity contribution in [2.45, 2.75) is 44.8 Å². The summed E-state index contributed by atoms with van der Waals surface area (Å²) in [6.07, 6.45) is 6.87. The highest BCUT2D eigenvalue weighted by atomic mass is 16.5. The molecule has 0 amide bonds. The van der Waals surface area contributed by atoms with Gasteiger partial charge in [-0.15, -0.1) is 0 Å². The fourth-order valence-electron chi connectivity index (χ4n) is 3.70. The first-order valence-electron chi connectivity index (χ1n) is 9.73. The molecule has 2 saturated heterocycles. The first kappa shape index (κ1) is 18.5. The number of hydrogen-bond donors (Lipinski definition) is 0. The highest BCUT2D eigenvalue weighted by molar-refractivity contribution is 5.35. The van der Waals surface area contributed by atoms with Crippen LogP contribution in [-0.2, 0) is 11.2 Å². The van der Waals surface area contributed by atoms with Gasteiger partial charge in [0.2, 0.25) is 0 Å². The maximum atomic E-state index is 6.31. The Kier molecular flexibility index (Phi) is 6.62. The van der Waals surface area contributed by atoms with Crippen LogP contribution in [0.2, 0.25) is 0 Å². The second-order valence-electron chi connectivity index (χ2n) is 7.46. The van der Waals surface area contributed by atoms with E-state index < -0.39 is 0 Å². The van der Waals surface area contributed by atoms with E-state index in [1.54, 1.807) is 0 Å². The lowest BCUT2D eigenvalue weighted by atomic mass is 10.1. The molecule has 0 saturated carbocycles. The van der Waals surface area contributed by atoms with Crippen molar-refractivity contribution >= 4 is 5.82 Å². The molecule has 0 aliphatic carbocycles. The topological polar surface area (TPSA) is 44.7 Å². The summed E-state index contributed by atoms with van der Waals surface area (Å²) in [6.45, 7) is 8.89. The summed E-state index contributed by atoms with van der Waals surface area (Å²) in [7, 11) is 4.28. The Morgan fingerprint density at radius 1 is 1.20 bits per heavy atom. The summed E-state index contributed by atoms with van der Waals surface area (Å²) in [5.41, 5.74) is 0. The monoisotopic (exact) mass is 347 g/mol. The molecule has 2 aliphatic heterocycles. The average Bonchev–Trinajstić information content (AvgIpc) is 2.95. The molecular weight excluding hydrogens is 314 g/mol. The largest absolute Gasteiger partial charge is 0.373 e. The Balaban J connectivity index is 1.48. The molecule has 2 aliphatic rings. The lowest BCUT2D eigenvalue weighted by molar-refractivity contribution is 0.0233. The van der Waals surface area contributed by atoms with Crippen molar-refractivity contribution in [3.05, 3.63) is 18.1 Å². The van der Waals surface area contributed by atoms with Crippen LogP contribution in [0.5, 0.6) is 0 Å². The molecule has 0 radical (unpaired) electrons. The summed E-state index contributed by atoms with van der Waals surface area (Å²) >= 11 is 0. The summed E-state index contributed by atoms with van der Waals surface area (Å²) in [5.74, 6) is 1.90. The van der Waals surface area contributed by atoms with Crippen molar-refractivity contribution in [3.8, 4) is 0 Å². The minimum Gasteiger partial charge on any atom is -0.373 e. The molecule has 0 N–H and O–H groups in total. The minimum atomic E-state index is 0.266. The number of likely N-dealkylation sites (N-methyl/N-ethyl adjacent to an activating group) is 1. The third kappa shape index (κ3) is 5.36. The Hall–Kier alpha value is -1.24. The molecule has 0 bridgehead atoms. The maximum absolute atomic E-state index is 6.31. The predicted octanol–water partition coefficient (Wildman–Crippen LogP) is 1.66. The third-order valence-electron chi connectivity index (χ3n) is 5.44. The van der Waals surface area contributed by atoms with Crippen LogP contribution >= 0.6 is 0 Å². The zero-order valence-corrected chi connectivity index (χ0v) is 16.0. The van der Waals surface area contributed by atoms with E-state index in [0.29, 0.717) is 6.10 Å².